The van der Waals surface area contributed by atoms with Crippen LogP contribution in [0.2, 0.25) is 0 Å². The zero-order chi connectivity index (χ0) is 22.2. The van der Waals surface area contributed by atoms with Crippen molar-refractivity contribution in [1.82, 2.24) is 19.7 Å². The smallest absolute Gasteiger partial charge is 0.314 e. The molecule has 1 aromatic carbocycles. The molecule has 0 radical (unpaired) electrons. The standard InChI is InChI=1S/C26H25FN4.Pt/c1-25(2,3)18-16-21(20-12-9-13-24(27)29-20)28-23(17-18)26(4,5)22-14-15-31(30-22)19-10-7-6-8-11-19;/h6-10,13-17H,1-5H3;/q-2;+2. The van der Waals surface area contributed by atoms with Crippen LogP contribution < -0.4 is 0 Å². The van der Waals surface area contributed by atoms with E-state index in [0.717, 1.165) is 22.6 Å². The molecule has 0 spiro atoms. The molecule has 3 aromatic heterocycles. The maximum Gasteiger partial charge on any atom is 2.00 e. The monoisotopic (exact) mass is 607 g/mol. The van der Waals surface area contributed by atoms with E-state index < -0.39 is 11.4 Å². The molecule has 6 heteroatoms. The summed E-state index contributed by atoms with van der Waals surface area (Å²) in [5.41, 5.74) is 4.09. The Kier molecular flexibility index (Phi) is 6.80. The fourth-order valence-electron chi connectivity index (χ4n) is 3.35. The molecule has 4 aromatic rings. The van der Waals surface area contributed by atoms with Gasteiger partial charge in [0.2, 0.25) is 0 Å². The maximum absolute atomic E-state index is 13.8. The van der Waals surface area contributed by atoms with Crippen molar-refractivity contribution < 1.29 is 25.5 Å². The molecular formula is C26H25FN4Pt. The largest absolute Gasteiger partial charge is 2.00 e. The van der Waals surface area contributed by atoms with Gasteiger partial charge < -0.3 is 4.98 Å². The molecule has 0 aliphatic carbocycles. The quantitative estimate of drug-likeness (QED) is 0.221. The molecule has 0 atom stereocenters. The van der Waals surface area contributed by atoms with Crippen LogP contribution in [0.5, 0.6) is 0 Å². The summed E-state index contributed by atoms with van der Waals surface area (Å²) < 4.78 is 15.6. The summed E-state index contributed by atoms with van der Waals surface area (Å²) in [7, 11) is 0. The van der Waals surface area contributed by atoms with Gasteiger partial charge in [-0.15, -0.1) is 12.1 Å². The van der Waals surface area contributed by atoms with Crippen LogP contribution in [0.15, 0.2) is 60.8 Å². The predicted molar refractivity (Wildman–Crippen MR) is 119 cm³/mol. The normalized spacial score (nSPS) is 11.8. The zero-order valence-electron chi connectivity index (χ0n) is 18.8. The predicted octanol–water partition coefficient (Wildman–Crippen LogP) is 5.69. The molecule has 0 saturated heterocycles. The second-order valence-electron chi connectivity index (χ2n) is 9.16. The first-order valence-corrected chi connectivity index (χ1v) is 10.3. The Morgan fingerprint density at radius 2 is 1.66 bits per heavy atom. The van der Waals surface area contributed by atoms with Crippen LogP contribution in [0.1, 0.15) is 51.6 Å². The molecule has 0 amide bonds. The molecule has 0 aliphatic rings. The first-order valence-electron chi connectivity index (χ1n) is 10.3. The molecule has 32 heavy (non-hydrogen) atoms. The third-order valence-corrected chi connectivity index (χ3v) is 5.40. The minimum atomic E-state index is -0.546. The van der Waals surface area contributed by atoms with Gasteiger partial charge in [-0.1, -0.05) is 32.4 Å². The average molecular weight is 608 g/mol. The first kappa shape index (κ1) is 24.0. The summed E-state index contributed by atoms with van der Waals surface area (Å²) in [5, 5.41) is 4.80. The molecule has 0 saturated carbocycles. The van der Waals surface area contributed by atoms with Gasteiger partial charge in [-0.25, -0.2) is 4.39 Å². The van der Waals surface area contributed by atoms with E-state index in [1.165, 1.54) is 12.1 Å². The van der Waals surface area contributed by atoms with Crippen LogP contribution in [-0.4, -0.2) is 19.7 Å². The van der Waals surface area contributed by atoms with Gasteiger partial charge in [-0.2, -0.15) is 41.5 Å². The second kappa shape index (κ2) is 9.07. The van der Waals surface area contributed by atoms with Gasteiger partial charge in [0.05, 0.1) is 5.69 Å². The van der Waals surface area contributed by atoms with Crippen LogP contribution in [0, 0.1) is 18.1 Å². The molecule has 0 unspecified atom stereocenters. The van der Waals surface area contributed by atoms with Crippen molar-refractivity contribution in [2.75, 3.05) is 0 Å². The Hall–Kier alpha value is -2.65. The van der Waals surface area contributed by atoms with Crippen molar-refractivity contribution in [3.8, 4) is 17.1 Å². The van der Waals surface area contributed by atoms with Crippen molar-refractivity contribution in [3.63, 3.8) is 0 Å². The molecule has 0 aliphatic heterocycles. The van der Waals surface area contributed by atoms with E-state index in [4.69, 9.17) is 10.1 Å². The molecule has 0 bridgehead atoms. The van der Waals surface area contributed by atoms with Gasteiger partial charge >= 0.3 is 21.1 Å². The van der Waals surface area contributed by atoms with Gasteiger partial charge in [-0.05, 0) is 48.5 Å². The number of nitrogens with zero attached hydrogens (tertiary/aromatic N) is 4. The van der Waals surface area contributed by atoms with Gasteiger partial charge in [0.15, 0.2) is 5.95 Å². The van der Waals surface area contributed by atoms with Gasteiger partial charge in [-0.3, -0.25) is 9.67 Å². The minimum Gasteiger partial charge on any atom is -0.314 e. The summed E-state index contributed by atoms with van der Waals surface area (Å²) in [6.45, 7) is 10.6. The Labute approximate surface area is 203 Å². The van der Waals surface area contributed by atoms with Gasteiger partial charge in [0.1, 0.15) is 0 Å². The first-order chi connectivity index (χ1) is 14.6. The number of halogens is 1. The Morgan fingerprint density at radius 3 is 2.31 bits per heavy atom. The van der Waals surface area contributed by atoms with Crippen molar-refractivity contribution in [3.05, 3.63) is 95.8 Å². The van der Waals surface area contributed by atoms with Crippen LogP contribution >= 0.6 is 0 Å². The van der Waals surface area contributed by atoms with Crippen molar-refractivity contribution >= 4 is 0 Å². The number of rotatable bonds is 4. The van der Waals surface area contributed by atoms with E-state index in [2.05, 4.69) is 57.8 Å². The minimum absolute atomic E-state index is 0. The van der Waals surface area contributed by atoms with Gasteiger partial charge in [0, 0.05) is 17.3 Å². The van der Waals surface area contributed by atoms with Crippen LogP contribution in [0.4, 0.5) is 4.39 Å². The summed E-state index contributed by atoms with van der Waals surface area (Å²) in [6, 6.07) is 22.8. The van der Waals surface area contributed by atoms with Gasteiger partial charge in [0.25, 0.3) is 0 Å². The Morgan fingerprint density at radius 1 is 0.875 bits per heavy atom. The third-order valence-electron chi connectivity index (χ3n) is 5.40. The molecule has 166 valence electrons. The third kappa shape index (κ3) is 4.88. The van der Waals surface area contributed by atoms with Crippen molar-refractivity contribution in [2.24, 2.45) is 0 Å². The van der Waals surface area contributed by atoms with Crippen molar-refractivity contribution in [1.29, 1.82) is 0 Å². The average Bonchev–Trinajstić information content (AvgIpc) is 3.25. The fraction of sp³-hybridized carbons (Fsp3) is 0.269. The summed E-state index contributed by atoms with van der Waals surface area (Å²) in [6.07, 6.45) is 1.93. The molecule has 4 rings (SSSR count). The number of aromatic nitrogens is 4. The molecule has 3 heterocycles. The van der Waals surface area contributed by atoms with E-state index in [1.54, 1.807) is 0 Å². The zero-order valence-corrected chi connectivity index (χ0v) is 21.0. The number of hydrogen-bond donors (Lipinski definition) is 0. The van der Waals surface area contributed by atoms with Crippen LogP contribution in [-0.2, 0) is 31.9 Å². The van der Waals surface area contributed by atoms with E-state index in [9.17, 15) is 4.39 Å². The van der Waals surface area contributed by atoms with E-state index >= 15 is 0 Å². The number of para-hydroxylation sites is 1. The molecular weight excluding hydrogens is 582 g/mol. The fourth-order valence-corrected chi connectivity index (χ4v) is 3.35. The number of pyridine rings is 2. The SMILES string of the molecule is CC(C)(C)c1cc(-c2[c-]ccc(F)n2)nc(C(C)(C)c2ccn(-c3[c-]cccc3)n2)c1.[Pt+2]. The Balaban J connectivity index is 0.00000289. The Bertz CT molecular complexity index is 1210. The molecule has 0 N–H and O–H groups in total. The maximum atomic E-state index is 13.8. The summed E-state index contributed by atoms with van der Waals surface area (Å²) >= 11 is 0. The van der Waals surface area contributed by atoms with E-state index in [-0.39, 0.29) is 26.5 Å². The second-order valence-corrected chi connectivity index (χ2v) is 9.16. The van der Waals surface area contributed by atoms with E-state index in [1.807, 2.05) is 47.3 Å². The number of benzene rings is 1. The summed E-state index contributed by atoms with van der Waals surface area (Å²) in [4.78, 5) is 8.87. The summed E-state index contributed by atoms with van der Waals surface area (Å²) in [5.74, 6) is -0.546. The molecule has 4 nitrogen and oxygen atoms in total. The van der Waals surface area contributed by atoms with Crippen LogP contribution in [0.25, 0.3) is 17.1 Å². The van der Waals surface area contributed by atoms with Crippen molar-refractivity contribution in [2.45, 2.75) is 45.4 Å². The molecule has 0 fully saturated rings. The van der Waals surface area contributed by atoms with E-state index in [0.29, 0.717) is 11.4 Å². The van der Waals surface area contributed by atoms with Crippen LogP contribution in [0.3, 0.4) is 0 Å². The topological polar surface area (TPSA) is 43.6 Å². The number of hydrogen-bond acceptors (Lipinski definition) is 3.